The van der Waals surface area contributed by atoms with E-state index in [1.807, 2.05) is 0 Å². The summed E-state index contributed by atoms with van der Waals surface area (Å²) in [6.07, 6.45) is 1.94. The van der Waals surface area contributed by atoms with E-state index in [1.165, 1.54) is 0 Å². The lowest BCUT2D eigenvalue weighted by atomic mass is 10.2. The van der Waals surface area contributed by atoms with Gasteiger partial charge in [0.2, 0.25) is 5.91 Å². The van der Waals surface area contributed by atoms with E-state index in [1.54, 1.807) is 31.1 Å². The molecule has 6 heteroatoms. The summed E-state index contributed by atoms with van der Waals surface area (Å²) in [5.74, 6) is 0.156. The molecular weight excluding hydrogens is 285 g/mol. The molecule has 1 aromatic rings. The summed E-state index contributed by atoms with van der Waals surface area (Å²) >= 11 is 11.8. The van der Waals surface area contributed by atoms with E-state index in [2.05, 4.69) is 9.88 Å². The number of likely N-dealkylation sites (N-methyl/N-ethyl adjacent to an activating group) is 1. The van der Waals surface area contributed by atoms with Crippen molar-refractivity contribution < 1.29 is 4.79 Å². The Morgan fingerprint density at radius 3 is 2.63 bits per heavy atom. The van der Waals surface area contributed by atoms with E-state index in [0.29, 0.717) is 16.9 Å². The predicted molar refractivity (Wildman–Crippen MR) is 76.4 cm³/mol. The Morgan fingerprint density at radius 2 is 2.05 bits per heavy atom. The van der Waals surface area contributed by atoms with Crippen LogP contribution in [0.25, 0.3) is 0 Å². The highest BCUT2D eigenvalue weighted by Gasteiger charge is 2.31. The molecule has 0 saturated carbocycles. The molecule has 4 nitrogen and oxygen atoms in total. The molecule has 2 heterocycles. The Kier molecular flexibility index (Phi) is 4.66. The number of aromatic nitrogens is 1. The fraction of sp³-hybridized carbons (Fsp3) is 0.538. The fourth-order valence-electron chi connectivity index (χ4n) is 2.43. The number of hydrogen-bond donors (Lipinski definition) is 0. The number of amides is 1. The van der Waals surface area contributed by atoms with Gasteiger partial charge < -0.3 is 4.90 Å². The average molecular weight is 302 g/mol. The maximum Gasteiger partial charge on any atom is 0.239 e. The number of nitrogens with zero attached hydrogens (tertiary/aromatic N) is 3. The fourth-order valence-corrected chi connectivity index (χ4v) is 2.94. The first-order valence-electron chi connectivity index (χ1n) is 6.24. The van der Waals surface area contributed by atoms with Crippen molar-refractivity contribution in [2.75, 3.05) is 20.6 Å². The van der Waals surface area contributed by atoms with Crippen LogP contribution in [0.15, 0.2) is 12.1 Å². The molecule has 0 aromatic carbocycles. The van der Waals surface area contributed by atoms with Crippen molar-refractivity contribution in [3.63, 3.8) is 0 Å². The van der Waals surface area contributed by atoms with Gasteiger partial charge in [0, 0.05) is 20.6 Å². The van der Waals surface area contributed by atoms with Gasteiger partial charge in [-0.1, -0.05) is 23.2 Å². The first-order valence-corrected chi connectivity index (χ1v) is 7.00. The van der Waals surface area contributed by atoms with Crippen molar-refractivity contribution in [3.05, 3.63) is 28.0 Å². The Hall–Kier alpha value is -0.840. The van der Waals surface area contributed by atoms with Gasteiger partial charge in [0.15, 0.2) is 0 Å². The molecule has 1 unspecified atom stereocenters. The Labute approximate surface area is 123 Å². The number of halogens is 2. The van der Waals surface area contributed by atoms with Crippen LogP contribution in [0.5, 0.6) is 0 Å². The Bertz CT molecular complexity index is 459. The van der Waals surface area contributed by atoms with Crippen molar-refractivity contribution in [2.45, 2.75) is 25.4 Å². The lowest BCUT2D eigenvalue weighted by Gasteiger charge is -2.26. The van der Waals surface area contributed by atoms with Gasteiger partial charge in [-0.05, 0) is 37.1 Å². The predicted octanol–water partition coefficient (Wildman–Crippen LogP) is 2.44. The van der Waals surface area contributed by atoms with E-state index in [9.17, 15) is 4.79 Å². The number of pyridine rings is 1. The highest BCUT2D eigenvalue weighted by atomic mass is 35.5. The molecule has 19 heavy (non-hydrogen) atoms. The summed E-state index contributed by atoms with van der Waals surface area (Å²) in [6, 6.07) is 3.55. The molecule has 0 bridgehead atoms. The van der Waals surface area contributed by atoms with Crippen LogP contribution in [-0.4, -0.2) is 47.4 Å². The van der Waals surface area contributed by atoms with Gasteiger partial charge in [-0.3, -0.25) is 9.69 Å². The SMILES string of the molecule is CN(C)C(=O)C1CCCN1Cc1cc(Cl)nc(Cl)c1. The molecule has 104 valence electrons. The maximum absolute atomic E-state index is 12.1. The molecule has 0 radical (unpaired) electrons. The van der Waals surface area contributed by atoms with Crippen molar-refractivity contribution >= 4 is 29.1 Å². The van der Waals surface area contributed by atoms with Gasteiger partial charge in [0.1, 0.15) is 10.3 Å². The first kappa shape index (κ1) is 14.6. The highest BCUT2D eigenvalue weighted by molar-refractivity contribution is 6.32. The van der Waals surface area contributed by atoms with Gasteiger partial charge in [-0.15, -0.1) is 0 Å². The third-order valence-electron chi connectivity index (χ3n) is 3.30. The lowest BCUT2D eigenvalue weighted by molar-refractivity contribution is -0.133. The molecule has 1 atom stereocenters. The van der Waals surface area contributed by atoms with E-state index in [4.69, 9.17) is 23.2 Å². The van der Waals surface area contributed by atoms with Crippen LogP contribution in [0.2, 0.25) is 10.3 Å². The smallest absolute Gasteiger partial charge is 0.239 e. The Balaban J connectivity index is 2.11. The lowest BCUT2D eigenvalue weighted by Crippen LogP contribution is -2.42. The largest absolute Gasteiger partial charge is 0.347 e. The van der Waals surface area contributed by atoms with Crippen LogP contribution < -0.4 is 0 Å². The minimum atomic E-state index is -0.0410. The van der Waals surface area contributed by atoms with Crippen molar-refractivity contribution in [1.29, 1.82) is 0 Å². The topological polar surface area (TPSA) is 36.4 Å². The molecule has 1 fully saturated rings. The van der Waals surface area contributed by atoms with E-state index < -0.39 is 0 Å². The molecule has 1 aromatic heterocycles. The van der Waals surface area contributed by atoms with Gasteiger partial charge in [0.25, 0.3) is 0 Å². The van der Waals surface area contributed by atoms with Crippen molar-refractivity contribution in [2.24, 2.45) is 0 Å². The van der Waals surface area contributed by atoms with E-state index in [-0.39, 0.29) is 11.9 Å². The van der Waals surface area contributed by atoms with Crippen molar-refractivity contribution in [1.82, 2.24) is 14.8 Å². The van der Waals surface area contributed by atoms with Crippen LogP contribution in [-0.2, 0) is 11.3 Å². The van der Waals surface area contributed by atoms with Crippen LogP contribution in [0.1, 0.15) is 18.4 Å². The normalized spacial score (nSPS) is 19.7. The monoisotopic (exact) mass is 301 g/mol. The van der Waals surface area contributed by atoms with Crippen LogP contribution in [0, 0.1) is 0 Å². The second-order valence-corrected chi connectivity index (χ2v) is 5.76. The van der Waals surface area contributed by atoms with Crippen LogP contribution in [0.3, 0.4) is 0 Å². The number of hydrogen-bond acceptors (Lipinski definition) is 3. The van der Waals surface area contributed by atoms with Gasteiger partial charge in [-0.25, -0.2) is 4.98 Å². The number of carbonyl (C=O) groups is 1. The maximum atomic E-state index is 12.1. The summed E-state index contributed by atoms with van der Waals surface area (Å²) in [6.45, 7) is 1.59. The zero-order chi connectivity index (χ0) is 14.0. The molecule has 0 spiro atoms. The molecular formula is C13H17Cl2N3O. The summed E-state index contributed by atoms with van der Waals surface area (Å²) in [7, 11) is 3.58. The van der Waals surface area contributed by atoms with Crippen LogP contribution >= 0.6 is 23.2 Å². The minimum Gasteiger partial charge on any atom is -0.347 e. The number of rotatable bonds is 3. The number of likely N-dealkylation sites (tertiary alicyclic amines) is 1. The van der Waals surface area contributed by atoms with E-state index in [0.717, 1.165) is 24.9 Å². The van der Waals surface area contributed by atoms with Gasteiger partial charge >= 0.3 is 0 Å². The third-order valence-corrected chi connectivity index (χ3v) is 3.69. The standard InChI is InChI=1S/C13H17Cl2N3O/c1-17(2)13(19)10-4-3-5-18(10)8-9-6-11(14)16-12(15)7-9/h6-7,10H,3-5,8H2,1-2H3. The quantitative estimate of drug-likeness (QED) is 0.805. The third kappa shape index (κ3) is 3.59. The zero-order valence-electron chi connectivity index (χ0n) is 11.1. The van der Waals surface area contributed by atoms with Crippen LogP contribution in [0.4, 0.5) is 0 Å². The molecule has 0 N–H and O–H groups in total. The highest BCUT2D eigenvalue weighted by Crippen LogP contribution is 2.23. The molecule has 1 aliphatic rings. The van der Waals surface area contributed by atoms with Gasteiger partial charge in [-0.2, -0.15) is 0 Å². The second-order valence-electron chi connectivity index (χ2n) is 4.98. The van der Waals surface area contributed by atoms with E-state index >= 15 is 0 Å². The average Bonchev–Trinajstić information content (AvgIpc) is 2.74. The molecule has 1 saturated heterocycles. The first-order chi connectivity index (χ1) is 8.97. The minimum absolute atomic E-state index is 0.0410. The Morgan fingerprint density at radius 1 is 1.42 bits per heavy atom. The molecule has 1 amide bonds. The summed E-state index contributed by atoms with van der Waals surface area (Å²) < 4.78 is 0. The van der Waals surface area contributed by atoms with Crippen molar-refractivity contribution in [3.8, 4) is 0 Å². The molecule has 0 aliphatic carbocycles. The second kappa shape index (κ2) is 6.07. The molecule has 2 rings (SSSR count). The number of carbonyl (C=O) groups excluding carboxylic acids is 1. The summed E-state index contributed by atoms with van der Waals surface area (Å²) in [5.41, 5.74) is 0.989. The zero-order valence-corrected chi connectivity index (χ0v) is 12.6. The molecule has 1 aliphatic heterocycles. The summed E-state index contributed by atoms with van der Waals surface area (Å²) in [5, 5.41) is 0.773. The summed E-state index contributed by atoms with van der Waals surface area (Å²) in [4.78, 5) is 19.8. The van der Waals surface area contributed by atoms with Gasteiger partial charge in [0.05, 0.1) is 6.04 Å².